The van der Waals surface area contributed by atoms with E-state index in [1.165, 1.54) is 15.5 Å². The smallest absolute Gasteiger partial charge is 0.308 e. The highest BCUT2D eigenvalue weighted by Crippen LogP contribution is 2.54. The number of anilines is 2. The molecule has 2 N–H and O–H groups in total. The highest BCUT2D eigenvalue weighted by atomic mass is 79.9. The maximum absolute atomic E-state index is 14.0. The summed E-state index contributed by atoms with van der Waals surface area (Å²) in [6.45, 7) is 1.85. The van der Waals surface area contributed by atoms with Gasteiger partial charge in [-0.3, -0.25) is 23.7 Å². The molecule has 2 aliphatic heterocycles. The maximum Gasteiger partial charge on any atom is 0.308 e. The quantitative estimate of drug-likeness (QED) is 0.260. The predicted octanol–water partition coefficient (Wildman–Crippen LogP) is 5.21. The van der Waals surface area contributed by atoms with Crippen molar-refractivity contribution >= 4 is 68.1 Å². The third-order valence-corrected chi connectivity index (χ3v) is 10.3. The lowest BCUT2D eigenvalue weighted by Gasteiger charge is -2.31. The van der Waals surface area contributed by atoms with Gasteiger partial charge in [-0.2, -0.15) is 0 Å². The summed E-state index contributed by atoms with van der Waals surface area (Å²) < 4.78 is 7.80. The minimum atomic E-state index is -0.833. The molecule has 1 fully saturated rings. The molecule has 214 valence electrons. The van der Waals surface area contributed by atoms with Crippen molar-refractivity contribution in [2.75, 3.05) is 16.8 Å². The number of fused-ring (bicyclic) bond motifs is 2. The number of hydrogen-bond acceptors (Lipinski definition) is 8. The fourth-order valence-electron chi connectivity index (χ4n) is 5.32. The van der Waals surface area contributed by atoms with Crippen LogP contribution in [0.25, 0.3) is 0 Å². The third-order valence-electron chi connectivity index (χ3n) is 7.14. The standard InChI is InChI=1S/C30H24BrN3O6S2/c1-2-40-21-14-16(8-13-20(21)35)23-24-25(28(38)34(27(24)37)19-11-9-17(31)10-12-19)41-29-26(23)42-30(39)33(29)15-22(36)32-18-6-4-3-5-7-18/h3-14,23-25,35H,2,15H2,1H3,(H,32,36)/t23-,24+,25-/m0/s1. The molecule has 0 aliphatic carbocycles. The highest BCUT2D eigenvalue weighted by Gasteiger charge is 2.57. The number of thioether (sulfide) groups is 1. The molecule has 6 rings (SSSR count). The summed E-state index contributed by atoms with van der Waals surface area (Å²) in [5, 5.41) is 12.8. The molecule has 3 heterocycles. The van der Waals surface area contributed by atoms with Gasteiger partial charge in [0.25, 0.3) is 0 Å². The molecule has 1 aromatic heterocycles. The van der Waals surface area contributed by atoms with Gasteiger partial charge in [0.2, 0.25) is 17.7 Å². The lowest BCUT2D eigenvalue weighted by molar-refractivity contribution is -0.122. The molecule has 0 bridgehead atoms. The van der Waals surface area contributed by atoms with E-state index in [1.54, 1.807) is 67.6 Å². The van der Waals surface area contributed by atoms with Gasteiger partial charge in [-0.25, -0.2) is 4.90 Å². The van der Waals surface area contributed by atoms with Gasteiger partial charge in [0.05, 0.1) is 23.2 Å². The number of carbonyl (C=O) groups excluding carboxylic acids is 3. The highest BCUT2D eigenvalue weighted by molar-refractivity contribution is 9.10. The topological polar surface area (TPSA) is 118 Å². The zero-order chi connectivity index (χ0) is 29.5. The van der Waals surface area contributed by atoms with Crippen LogP contribution < -0.4 is 19.8 Å². The minimum absolute atomic E-state index is 0.0591. The number of aromatic hydroxyl groups is 1. The van der Waals surface area contributed by atoms with E-state index in [4.69, 9.17) is 4.74 Å². The lowest BCUT2D eigenvalue weighted by atomic mass is 9.83. The number of benzene rings is 3. The van der Waals surface area contributed by atoms with Crippen molar-refractivity contribution in [2.45, 2.75) is 29.7 Å². The number of thiazole rings is 1. The molecule has 3 amide bonds. The molecular formula is C30H24BrN3O6S2. The fourth-order valence-corrected chi connectivity index (χ4v) is 8.36. The van der Waals surface area contributed by atoms with Crippen molar-refractivity contribution in [1.82, 2.24) is 4.57 Å². The zero-order valence-electron chi connectivity index (χ0n) is 22.2. The molecule has 3 atom stereocenters. The van der Waals surface area contributed by atoms with Crippen LogP contribution in [0.3, 0.4) is 0 Å². The van der Waals surface area contributed by atoms with E-state index in [9.17, 15) is 24.3 Å². The Morgan fingerprint density at radius 1 is 1.02 bits per heavy atom. The first-order valence-corrected chi connectivity index (χ1v) is 15.6. The summed E-state index contributed by atoms with van der Waals surface area (Å²) in [5.41, 5.74) is 1.67. The van der Waals surface area contributed by atoms with E-state index in [-0.39, 0.29) is 28.8 Å². The van der Waals surface area contributed by atoms with E-state index in [2.05, 4.69) is 21.2 Å². The lowest BCUT2D eigenvalue weighted by Crippen LogP contribution is -2.33. The maximum atomic E-state index is 14.0. The van der Waals surface area contributed by atoms with Crippen LogP contribution in [0.5, 0.6) is 11.5 Å². The van der Waals surface area contributed by atoms with Crippen molar-refractivity contribution in [2.24, 2.45) is 5.92 Å². The molecule has 2 aliphatic rings. The number of nitrogens with zero attached hydrogens (tertiary/aromatic N) is 2. The Bertz CT molecular complexity index is 1760. The summed E-state index contributed by atoms with van der Waals surface area (Å²) in [6.07, 6.45) is 0. The number of hydrogen-bond donors (Lipinski definition) is 2. The van der Waals surface area contributed by atoms with Crippen LogP contribution in [0.15, 0.2) is 87.1 Å². The Morgan fingerprint density at radius 3 is 2.48 bits per heavy atom. The van der Waals surface area contributed by atoms with Gasteiger partial charge in [0.15, 0.2) is 11.5 Å². The summed E-state index contributed by atoms with van der Waals surface area (Å²) in [4.78, 5) is 55.6. The summed E-state index contributed by atoms with van der Waals surface area (Å²) in [5.74, 6) is -2.48. The molecular weight excluding hydrogens is 642 g/mol. The Morgan fingerprint density at radius 2 is 1.76 bits per heavy atom. The van der Waals surface area contributed by atoms with Crippen molar-refractivity contribution in [3.05, 3.63) is 97.4 Å². The Hall–Kier alpha value is -3.87. The zero-order valence-corrected chi connectivity index (χ0v) is 25.4. The van der Waals surface area contributed by atoms with Crippen molar-refractivity contribution in [3.63, 3.8) is 0 Å². The number of nitrogens with one attached hydrogen (secondary N) is 1. The van der Waals surface area contributed by atoms with E-state index in [0.29, 0.717) is 33.4 Å². The van der Waals surface area contributed by atoms with E-state index < -0.39 is 28.9 Å². The van der Waals surface area contributed by atoms with Gasteiger partial charge in [0.1, 0.15) is 11.8 Å². The Balaban J connectivity index is 1.44. The van der Waals surface area contributed by atoms with Gasteiger partial charge in [-0.05, 0) is 61.0 Å². The second-order valence-corrected chi connectivity index (χ2v) is 12.8. The summed E-state index contributed by atoms with van der Waals surface area (Å²) in [6, 6.07) is 20.7. The van der Waals surface area contributed by atoms with Crippen molar-refractivity contribution in [1.29, 1.82) is 0 Å². The number of phenols is 1. The number of halogens is 1. The molecule has 42 heavy (non-hydrogen) atoms. The monoisotopic (exact) mass is 665 g/mol. The number of aromatic nitrogens is 1. The van der Waals surface area contributed by atoms with Crippen LogP contribution in [-0.4, -0.2) is 39.3 Å². The van der Waals surface area contributed by atoms with Gasteiger partial charge in [0, 0.05) is 21.0 Å². The number of ether oxygens (including phenoxy) is 1. The van der Waals surface area contributed by atoms with E-state index >= 15 is 0 Å². The Kier molecular flexibility index (Phi) is 7.69. The van der Waals surface area contributed by atoms with Crippen LogP contribution in [0.2, 0.25) is 0 Å². The van der Waals surface area contributed by atoms with Crippen LogP contribution in [-0.2, 0) is 20.9 Å². The van der Waals surface area contributed by atoms with Crippen LogP contribution in [0, 0.1) is 5.92 Å². The number of rotatable bonds is 7. The number of imide groups is 1. The number of carbonyl (C=O) groups is 3. The average Bonchev–Trinajstić information content (AvgIpc) is 3.41. The molecule has 0 unspecified atom stereocenters. The van der Waals surface area contributed by atoms with Crippen molar-refractivity contribution < 1.29 is 24.2 Å². The first-order valence-electron chi connectivity index (χ1n) is 13.1. The Labute approximate surface area is 257 Å². The second kappa shape index (κ2) is 11.4. The molecule has 0 saturated carbocycles. The van der Waals surface area contributed by atoms with Gasteiger partial charge in [-0.15, -0.1) is 0 Å². The molecule has 3 aromatic carbocycles. The number of amides is 3. The third kappa shape index (κ3) is 5.03. The van der Waals surface area contributed by atoms with Gasteiger partial charge < -0.3 is 15.2 Å². The van der Waals surface area contributed by atoms with Crippen LogP contribution >= 0.6 is 39.0 Å². The predicted molar refractivity (Wildman–Crippen MR) is 165 cm³/mol. The first kappa shape index (κ1) is 28.3. The van der Waals surface area contributed by atoms with Crippen LogP contribution in [0.1, 0.15) is 23.3 Å². The summed E-state index contributed by atoms with van der Waals surface area (Å²) in [7, 11) is 0. The second-order valence-electron chi connectivity index (χ2n) is 9.73. The summed E-state index contributed by atoms with van der Waals surface area (Å²) >= 11 is 5.49. The minimum Gasteiger partial charge on any atom is -0.504 e. The SMILES string of the molecule is CCOc1cc([C@@H]2c3sc(=O)n(CC(=O)Nc4ccccc4)c3S[C@@H]3C(=O)N(c4ccc(Br)cc4)C(=O)[C@H]23)ccc1O. The molecule has 12 heteroatoms. The normalized spacial score (nSPS) is 19.4. The van der Waals surface area contributed by atoms with E-state index in [0.717, 1.165) is 27.6 Å². The van der Waals surface area contributed by atoms with Gasteiger partial charge in [-0.1, -0.05) is 63.3 Å². The number of para-hydroxylation sites is 1. The fraction of sp³-hybridized carbons (Fsp3) is 0.200. The molecule has 9 nitrogen and oxygen atoms in total. The van der Waals surface area contributed by atoms with Crippen LogP contribution in [0.4, 0.5) is 11.4 Å². The van der Waals surface area contributed by atoms with Gasteiger partial charge >= 0.3 is 4.87 Å². The first-order chi connectivity index (χ1) is 20.3. The largest absolute Gasteiger partial charge is 0.504 e. The van der Waals surface area contributed by atoms with Crippen molar-refractivity contribution in [3.8, 4) is 11.5 Å². The molecule has 4 aromatic rings. The average molecular weight is 667 g/mol. The molecule has 0 radical (unpaired) electrons. The number of phenolic OH excluding ortho intramolecular Hbond substituents is 1. The van der Waals surface area contributed by atoms with E-state index in [1.807, 2.05) is 6.07 Å². The molecule has 1 saturated heterocycles. The molecule has 0 spiro atoms.